The fourth-order valence-electron chi connectivity index (χ4n) is 3.39. The molecule has 2 aromatic carbocycles. The lowest BCUT2D eigenvalue weighted by molar-refractivity contribution is -0.129. The molecule has 4 rings (SSSR count). The minimum absolute atomic E-state index is 0.0535. The molecule has 28 heavy (non-hydrogen) atoms. The van der Waals surface area contributed by atoms with Crippen molar-refractivity contribution in [3.05, 3.63) is 64.7 Å². The zero-order chi connectivity index (χ0) is 19.5. The molecule has 0 N–H and O–H groups in total. The first-order valence-electron chi connectivity index (χ1n) is 9.32. The topological polar surface area (TPSA) is 55.2 Å². The van der Waals surface area contributed by atoms with Crippen LogP contribution in [0.4, 0.5) is 4.39 Å². The second-order valence-corrected chi connectivity index (χ2v) is 7.70. The lowest BCUT2D eigenvalue weighted by Crippen LogP contribution is -2.36. The van der Waals surface area contributed by atoms with Gasteiger partial charge < -0.3 is 4.90 Å². The summed E-state index contributed by atoms with van der Waals surface area (Å²) >= 11 is 1.24. The van der Waals surface area contributed by atoms with Crippen LogP contribution in [0.15, 0.2) is 58.5 Å². The largest absolute Gasteiger partial charge is 0.342 e. The number of carbonyl (C=O) groups is 1. The Hall–Kier alpha value is -2.67. The summed E-state index contributed by atoms with van der Waals surface area (Å²) in [6, 6.07) is 12.8. The number of piperidine rings is 1. The van der Waals surface area contributed by atoms with Crippen LogP contribution in [-0.2, 0) is 4.79 Å². The van der Waals surface area contributed by atoms with Gasteiger partial charge in [-0.05, 0) is 55.7 Å². The summed E-state index contributed by atoms with van der Waals surface area (Å²) in [5.74, 6) is -0.107. The van der Waals surface area contributed by atoms with Crippen molar-refractivity contribution in [3.63, 3.8) is 0 Å². The molecule has 5 nitrogen and oxygen atoms in total. The third-order valence-electron chi connectivity index (χ3n) is 4.86. The van der Waals surface area contributed by atoms with Crippen molar-refractivity contribution in [2.75, 3.05) is 18.8 Å². The molecule has 7 heteroatoms. The number of aromatic nitrogens is 2. The number of para-hydroxylation sites is 1. The minimum Gasteiger partial charge on any atom is -0.342 e. The first kappa shape index (κ1) is 18.7. The molecular weight excluding hydrogens is 377 g/mol. The zero-order valence-corrected chi connectivity index (χ0v) is 16.1. The Bertz CT molecular complexity index is 1060. The highest BCUT2D eigenvalue weighted by Crippen LogP contribution is 2.22. The number of likely N-dealkylation sites (tertiary alicyclic amines) is 1. The molecule has 0 spiro atoms. The summed E-state index contributed by atoms with van der Waals surface area (Å²) in [5, 5.41) is 0.916. The predicted molar refractivity (Wildman–Crippen MR) is 108 cm³/mol. The maximum Gasteiger partial charge on any atom is 0.266 e. The molecule has 1 aromatic heterocycles. The van der Waals surface area contributed by atoms with Gasteiger partial charge in [0.05, 0.1) is 22.3 Å². The van der Waals surface area contributed by atoms with E-state index >= 15 is 0 Å². The highest BCUT2D eigenvalue weighted by atomic mass is 32.2. The molecule has 0 aliphatic carbocycles. The van der Waals surface area contributed by atoms with Crippen LogP contribution in [-0.4, -0.2) is 39.2 Å². The molecule has 1 fully saturated rings. The summed E-state index contributed by atoms with van der Waals surface area (Å²) in [6.07, 6.45) is 3.23. The fraction of sp³-hybridized carbons (Fsp3) is 0.286. The molecule has 2 heterocycles. The summed E-state index contributed by atoms with van der Waals surface area (Å²) in [4.78, 5) is 32.1. The number of fused-ring (bicyclic) bond motifs is 1. The predicted octanol–water partition coefficient (Wildman–Crippen LogP) is 3.63. The van der Waals surface area contributed by atoms with E-state index < -0.39 is 0 Å². The number of rotatable bonds is 4. The van der Waals surface area contributed by atoms with Crippen LogP contribution in [0.25, 0.3) is 16.6 Å². The highest BCUT2D eigenvalue weighted by Gasteiger charge is 2.19. The van der Waals surface area contributed by atoms with E-state index in [4.69, 9.17) is 0 Å². The van der Waals surface area contributed by atoms with E-state index in [1.807, 2.05) is 11.0 Å². The van der Waals surface area contributed by atoms with Gasteiger partial charge in [-0.25, -0.2) is 9.37 Å². The first-order valence-corrected chi connectivity index (χ1v) is 10.3. The van der Waals surface area contributed by atoms with E-state index in [9.17, 15) is 14.0 Å². The highest BCUT2D eigenvalue weighted by molar-refractivity contribution is 7.99. The Morgan fingerprint density at radius 1 is 1.04 bits per heavy atom. The molecule has 0 atom stereocenters. The molecule has 144 valence electrons. The van der Waals surface area contributed by atoms with Crippen LogP contribution in [0.2, 0.25) is 0 Å². The van der Waals surface area contributed by atoms with Gasteiger partial charge in [0.1, 0.15) is 5.82 Å². The van der Waals surface area contributed by atoms with Crippen LogP contribution < -0.4 is 5.56 Å². The van der Waals surface area contributed by atoms with Crippen molar-refractivity contribution in [3.8, 4) is 5.69 Å². The standard InChI is InChI=1S/C21H20FN3O2S/c22-15-8-10-16(11-9-15)25-20(27)17-6-2-3-7-18(17)23-21(25)28-14-19(26)24-12-4-1-5-13-24/h2-3,6-11H,1,4-5,12-14H2. The van der Waals surface area contributed by atoms with Crippen molar-refractivity contribution in [2.24, 2.45) is 0 Å². The number of amides is 1. The Morgan fingerprint density at radius 3 is 2.50 bits per heavy atom. The third-order valence-corrected chi connectivity index (χ3v) is 5.79. The first-order chi connectivity index (χ1) is 13.6. The van der Waals surface area contributed by atoms with Gasteiger partial charge in [-0.3, -0.25) is 14.2 Å². The Morgan fingerprint density at radius 2 is 1.75 bits per heavy atom. The van der Waals surface area contributed by atoms with Crippen LogP contribution in [0.1, 0.15) is 19.3 Å². The number of halogens is 1. The number of thioether (sulfide) groups is 1. The van der Waals surface area contributed by atoms with E-state index in [1.165, 1.54) is 28.5 Å². The number of hydrogen-bond donors (Lipinski definition) is 0. The van der Waals surface area contributed by atoms with Crippen molar-refractivity contribution in [1.29, 1.82) is 0 Å². The smallest absolute Gasteiger partial charge is 0.266 e. The zero-order valence-electron chi connectivity index (χ0n) is 15.3. The van der Waals surface area contributed by atoms with Crippen LogP contribution in [0, 0.1) is 5.82 Å². The molecule has 1 amide bonds. The van der Waals surface area contributed by atoms with Crippen LogP contribution >= 0.6 is 11.8 Å². The lowest BCUT2D eigenvalue weighted by atomic mass is 10.1. The minimum atomic E-state index is -0.375. The van der Waals surface area contributed by atoms with E-state index in [0.29, 0.717) is 21.7 Å². The maximum absolute atomic E-state index is 13.4. The second-order valence-electron chi connectivity index (χ2n) is 6.76. The van der Waals surface area contributed by atoms with E-state index in [-0.39, 0.29) is 23.0 Å². The van der Waals surface area contributed by atoms with Gasteiger partial charge in [-0.1, -0.05) is 23.9 Å². The van der Waals surface area contributed by atoms with Crippen LogP contribution in [0.5, 0.6) is 0 Å². The van der Waals surface area contributed by atoms with Gasteiger partial charge >= 0.3 is 0 Å². The quantitative estimate of drug-likeness (QED) is 0.498. The summed E-state index contributed by atoms with van der Waals surface area (Å²) in [6.45, 7) is 1.57. The molecule has 1 saturated heterocycles. The molecule has 0 saturated carbocycles. The van der Waals surface area contributed by atoms with Gasteiger partial charge in [0.15, 0.2) is 5.16 Å². The van der Waals surface area contributed by atoms with E-state index in [0.717, 1.165) is 32.4 Å². The normalized spacial score (nSPS) is 14.4. The van der Waals surface area contributed by atoms with Gasteiger partial charge in [-0.15, -0.1) is 0 Å². The Balaban J connectivity index is 1.71. The number of nitrogens with zero attached hydrogens (tertiary/aromatic N) is 3. The molecule has 1 aliphatic rings. The fourth-order valence-corrected chi connectivity index (χ4v) is 4.30. The van der Waals surface area contributed by atoms with E-state index in [1.54, 1.807) is 30.3 Å². The SMILES string of the molecule is O=C(CSc1nc2ccccc2c(=O)n1-c1ccc(F)cc1)N1CCCCC1. The summed E-state index contributed by atoms with van der Waals surface area (Å²) < 4.78 is 14.8. The van der Waals surface area contributed by atoms with Crippen LogP contribution in [0.3, 0.4) is 0 Å². The lowest BCUT2D eigenvalue weighted by Gasteiger charge is -2.26. The van der Waals surface area contributed by atoms with Gasteiger partial charge in [0.25, 0.3) is 5.56 Å². The van der Waals surface area contributed by atoms with Crippen molar-refractivity contribution >= 4 is 28.6 Å². The van der Waals surface area contributed by atoms with Crippen molar-refractivity contribution in [2.45, 2.75) is 24.4 Å². The molecule has 3 aromatic rings. The average Bonchev–Trinajstić information content (AvgIpc) is 2.74. The maximum atomic E-state index is 13.4. The van der Waals surface area contributed by atoms with Gasteiger partial charge in [-0.2, -0.15) is 0 Å². The monoisotopic (exact) mass is 397 g/mol. The molecular formula is C21H20FN3O2S. The Labute approximate surface area is 166 Å². The number of benzene rings is 2. The van der Waals surface area contributed by atoms with E-state index in [2.05, 4.69) is 4.98 Å². The Kier molecular flexibility index (Phi) is 5.43. The molecule has 1 aliphatic heterocycles. The van der Waals surface area contributed by atoms with Crippen molar-refractivity contribution < 1.29 is 9.18 Å². The summed E-state index contributed by atoms with van der Waals surface area (Å²) in [7, 11) is 0. The number of hydrogen-bond acceptors (Lipinski definition) is 4. The third kappa shape index (κ3) is 3.80. The molecule has 0 unspecified atom stereocenters. The van der Waals surface area contributed by atoms with Gasteiger partial charge in [0.2, 0.25) is 5.91 Å². The second kappa shape index (κ2) is 8.14. The van der Waals surface area contributed by atoms with Gasteiger partial charge in [0, 0.05) is 13.1 Å². The molecule has 0 radical (unpaired) electrons. The summed E-state index contributed by atoms with van der Waals surface area (Å²) in [5.41, 5.74) is 0.876. The average molecular weight is 397 g/mol. The molecule has 0 bridgehead atoms. The number of carbonyl (C=O) groups excluding carboxylic acids is 1. The van der Waals surface area contributed by atoms with Crippen molar-refractivity contribution in [1.82, 2.24) is 14.5 Å².